The van der Waals surface area contributed by atoms with E-state index in [1.54, 1.807) is 7.11 Å². The summed E-state index contributed by atoms with van der Waals surface area (Å²) in [5, 5.41) is 1.17. The second kappa shape index (κ2) is 5.90. The molecule has 1 N–H and O–H groups in total. The molecule has 0 amide bonds. The van der Waals surface area contributed by atoms with E-state index in [1.165, 1.54) is 5.39 Å². The zero-order valence-electron chi connectivity index (χ0n) is 15.9. The molecule has 1 aromatic heterocycles. The summed E-state index contributed by atoms with van der Waals surface area (Å²) < 4.78 is 18.0. The number of rotatable bonds is 3. The van der Waals surface area contributed by atoms with Gasteiger partial charge in [-0.3, -0.25) is 0 Å². The van der Waals surface area contributed by atoms with E-state index in [0.29, 0.717) is 0 Å². The minimum atomic E-state index is -0.394. The van der Waals surface area contributed by atoms with Crippen molar-refractivity contribution in [3.8, 4) is 17.0 Å². The van der Waals surface area contributed by atoms with Crippen LogP contribution in [0.15, 0.2) is 48.5 Å². The third kappa shape index (κ3) is 2.72. The number of ether oxygens (including phenoxy) is 1. The first-order chi connectivity index (χ1) is 12.3. The summed E-state index contributed by atoms with van der Waals surface area (Å²) >= 11 is 0. The number of fused-ring (bicyclic) bond motifs is 1. The Bertz CT molecular complexity index is 912. The number of aromatic nitrogens is 1. The maximum absolute atomic E-state index is 6.20. The molecule has 0 atom stereocenters. The van der Waals surface area contributed by atoms with Crippen LogP contribution in [0.3, 0.4) is 0 Å². The molecule has 2 aromatic carbocycles. The minimum absolute atomic E-state index is 0.362. The van der Waals surface area contributed by atoms with Crippen LogP contribution in [0.4, 0.5) is 0 Å². The van der Waals surface area contributed by atoms with E-state index in [4.69, 9.17) is 14.0 Å². The Morgan fingerprint density at radius 2 is 1.62 bits per heavy atom. The third-order valence-corrected chi connectivity index (χ3v) is 5.57. The van der Waals surface area contributed by atoms with Gasteiger partial charge in [0.2, 0.25) is 0 Å². The van der Waals surface area contributed by atoms with Crippen LogP contribution in [-0.4, -0.2) is 30.4 Å². The monoisotopic (exact) mass is 349 g/mol. The van der Waals surface area contributed by atoms with Crippen LogP contribution in [-0.2, 0) is 9.31 Å². The lowest BCUT2D eigenvalue weighted by atomic mass is 9.78. The molecule has 1 aliphatic rings. The van der Waals surface area contributed by atoms with Crippen LogP contribution in [0, 0.1) is 0 Å². The fraction of sp³-hybridized carbons (Fsp3) is 0.333. The Balaban J connectivity index is 1.77. The molecule has 1 aliphatic heterocycles. The average Bonchev–Trinajstić information content (AvgIpc) is 3.12. The maximum atomic E-state index is 6.20. The number of benzene rings is 2. The summed E-state index contributed by atoms with van der Waals surface area (Å²) in [5.41, 5.74) is 3.37. The Morgan fingerprint density at radius 1 is 0.923 bits per heavy atom. The summed E-state index contributed by atoms with van der Waals surface area (Å²) in [6, 6.07) is 16.4. The van der Waals surface area contributed by atoms with E-state index < -0.39 is 7.12 Å². The van der Waals surface area contributed by atoms with Crippen molar-refractivity contribution < 1.29 is 14.0 Å². The lowest BCUT2D eigenvalue weighted by Crippen LogP contribution is -2.41. The molecule has 2 heterocycles. The fourth-order valence-electron chi connectivity index (χ4n) is 3.28. The highest BCUT2D eigenvalue weighted by Crippen LogP contribution is 2.37. The topological polar surface area (TPSA) is 43.5 Å². The van der Waals surface area contributed by atoms with Crippen molar-refractivity contribution in [1.29, 1.82) is 0 Å². The molecule has 134 valence electrons. The van der Waals surface area contributed by atoms with Gasteiger partial charge in [-0.25, -0.2) is 0 Å². The van der Waals surface area contributed by atoms with Gasteiger partial charge < -0.3 is 19.0 Å². The van der Waals surface area contributed by atoms with Gasteiger partial charge in [-0.2, -0.15) is 0 Å². The number of nitrogens with one attached hydrogen (secondary N) is 1. The Labute approximate surface area is 154 Å². The molecule has 4 rings (SSSR count). The van der Waals surface area contributed by atoms with Crippen LogP contribution < -0.4 is 10.2 Å². The summed E-state index contributed by atoms with van der Waals surface area (Å²) in [4.78, 5) is 3.48. The van der Waals surface area contributed by atoms with Gasteiger partial charge in [0.1, 0.15) is 5.75 Å². The number of hydrogen-bond acceptors (Lipinski definition) is 3. The number of H-pyrrole nitrogens is 1. The normalized spacial score (nSPS) is 18.4. The second-order valence-corrected chi connectivity index (χ2v) is 7.82. The summed E-state index contributed by atoms with van der Waals surface area (Å²) in [6.07, 6.45) is 0. The molecule has 0 radical (unpaired) electrons. The molecule has 3 aromatic rings. The van der Waals surface area contributed by atoms with Gasteiger partial charge in [-0.1, -0.05) is 24.3 Å². The lowest BCUT2D eigenvalue weighted by Gasteiger charge is -2.32. The van der Waals surface area contributed by atoms with Crippen molar-refractivity contribution in [2.24, 2.45) is 0 Å². The molecule has 1 saturated heterocycles. The molecule has 1 fully saturated rings. The zero-order chi connectivity index (χ0) is 18.5. The SMILES string of the molecule is COc1ccc(B2OC(C)(C)C(C)(C)O2)cc1-c1cc2ccccc2[nH]1. The smallest absolute Gasteiger partial charge is 0.494 e. The van der Waals surface area contributed by atoms with Gasteiger partial charge in [-0.05, 0) is 57.4 Å². The fourth-order valence-corrected chi connectivity index (χ4v) is 3.28. The molecule has 0 spiro atoms. The number of para-hydroxylation sites is 1. The number of hydrogen-bond donors (Lipinski definition) is 1. The number of methoxy groups -OCH3 is 1. The van der Waals surface area contributed by atoms with Gasteiger partial charge in [0.15, 0.2) is 0 Å². The van der Waals surface area contributed by atoms with Gasteiger partial charge in [0.25, 0.3) is 0 Å². The quantitative estimate of drug-likeness (QED) is 0.723. The highest BCUT2D eigenvalue weighted by Gasteiger charge is 2.51. The van der Waals surface area contributed by atoms with E-state index >= 15 is 0 Å². The molecule has 26 heavy (non-hydrogen) atoms. The molecular formula is C21H24BNO3. The van der Waals surface area contributed by atoms with Gasteiger partial charge >= 0.3 is 7.12 Å². The van der Waals surface area contributed by atoms with Crippen LogP contribution in [0.2, 0.25) is 0 Å². The Hall–Kier alpha value is -2.24. The van der Waals surface area contributed by atoms with E-state index in [-0.39, 0.29) is 11.2 Å². The molecule has 0 saturated carbocycles. The summed E-state index contributed by atoms with van der Waals surface area (Å²) in [7, 11) is 1.30. The van der Waals surface area contributed by atoms with E-state index in [1.807, 2.05) is 24.3 Å². The predicted molar refractivity (Wildman–Crippen MR) is 106 cm³/mol. The van der Waals surface area contributed by atoms with Crippen LogP contribution in [0.1, 0.15) is 27.7 Å². The zero-order valence-corrected chi connectivity index (χ0v) is 15.9. The van der Waals surface area contributed by atoms with Crippen molar-refractivity contribution in [3.05, 3.63) is 48.5 Å². The minimum Gasteiger partial charge on any atom is -0.496 e. The molecular weight excluding hydrogens is 325 g/mol. The van der Waals surface area contributed by atoms with Crippen molar-refractivity contribution in [2.45, 2.75) is 38.9 Å². The Morgan fingerprint density at radius 3 is 2.27 bits per heavy atom. The van der Waals surface area contributed by atoms with Gasteiger partial charge in [0, 0.05) is 16.5 Å². The highest BCUT2D eigenvalue weighted by molar-refractivity contribution is 6.62. The molecule has 0 bridgehead atoms. The third-order valence-electron chi connectivity index (χ3n) is 5.57. The van der Waals surface area contributed by atoms with E-state index in [2.05, 4.69) is 56.9 Å². The molecule has 5 heteroatoms. The molecule has 0 unspecified atom stereocenters. The van der Waals surface area contributed by atoms with Crippen molar-refractivity contribution >= 4 is 23.5 Å². The first kappa shape index (κ1) is 17.2. The van der Waals surface area contributed by atoms with Gasteiger partial charge in [0.05, 0.1) is 24.0 Å². The largest absolute Gasteiger partial charge is 0.496 e. The van der Waals surface area contributed by atoms with E-state index in [0.717, 1.165) is 28.0 Å². The average molecular weight is 349 g/mol. The number of aromatic amines is 1. The highest BCUT2D eigenvalue weighted by atomic mass is 16.7. The summed E-state index contributed by atoms with van der Waals surface area (Å²) in [6.45, 7) is 8.26. The first-order valence-electron chi connectivity index (χ1n) is 8.92. The van der Waals surface area contributed by atoms with Crippen LogP contribution in [0.25, 0.3) is 22.2 Å². The van der Waals surface area contributed by atoms with Crippen LogP contribution >= 0.6 is 0 Å². The summed E-state index contributed by atoms with van der Waals surface area (Å²) in [5.74, 6) is 0.817. The first-order valence-corrected chi connectivity index (χ1v) is 8.92. The van der Waals surface area contributed by atoms with E-state index in [9.17, 15) is 0 Å². The lowest BCUT2D eigenvalue weighted by molar-refractivity contribution is 0.00578. The molecule has 0 aliphatic carbocycles. The van der Waals surface area contributed by atoms with Crippen molar-refractivity contribution in [2.75, 3.05) is 7.11 Å². The van der Waals surface area contributed by atoms with Crippen molar-refractivity contribution in [3.63, 3.8) is 0 Å². The van der Waals surface area contributed by atoms with Gasteiger partial charge in [-0.15, -0.1) is 0 Å². The maximum Gasteiger partial charge on any atom is 0.494 e. The standard InChI is InChI=1S/C21H24BNO3/c1-20(2)21(3,4)26-22(25-20)15-10-11-19(24-5)16(13-15)18-12-14-8-6-7-9-17(14)23-18/h6-13,23H,1-5H3. The second-order valence-electron chi connectivity index (χ2n) is 7.82. The van der Waals surface area contributed by atoms with Crippen molar-refractivity contribution in [1.82, 2.24) is 4.98 Å². The Kier molecular flexibility index (Phi) is 3.90. The van der Waals surface area contributed by atoms with Crippen LogP contribution in [0.5, 0.6) is 5.75 Å². The predicted octanol–water partition coefficient (Wildman–Crippen LogP) is 4.14. The molecule has 4 nitrogen and oxygen atoms in total.